The highest BCUT2D eigenvalue weighted by molar-refractivity contribution is 6.60. The number of anilines is 1. The van der Waals surface area contributed by atoms with Crippen molar-refractivity contribution in [2.75, 3.05) is 12.4 Å². The van der Waals surface area contributed by atoms with Crippen molar-refractivity contribution in [3.8, 4) is 11.8 Å². The molecule has 0 atom stereocenters. The maximum Gasteiger partial charge on any atom is 0.489 e. The van der Waals surface area contributed by atoms with Crippen LogP contribution in [0.2, 0.25) is 0 Å². The molecule has 0 aliphatic rings. The Balaban J connectivity index is 2.27. The summed E-state index contributed by atoms with van der Waals surface area (Å²) in [5.41, 5.74) is 0.831. The van der Waals surface area contributed by atoms with Gasteiger partial charge in [0.15, 0.2) is 0 Å². The summed E-state index contributed by atoms with van der Waals surface area (Å²) < 4.78 is 5.03. The van der Waals surface area contributed by atoms with Gasteiger partial charge in [-0.15, -0.1) is 0 Å². The predicted octanol–water partition coefficient (Wildman–Crippen LogP) is 0.311. The van der Waals surface area contributed by atoms with E-state index in [-0.39, 0.29) is 22.2 Å². The molecule has 0 spiro atoms. The van der Waals surface area contributed by atoms with Crippen molar-refractivity contribution in [3.63, 3.8) is 0 Å². The quantitative estimate of drug-likeness (QED) is 0.538. The molecule has 8 heteroatoms. The molecule has 0 aliphatic heterocycles. The Bertz CT molecular complexity index is 830. The van der Waals surface area contributed by atoms with Crippen LogP contribution in [0.1, 0.15) is 26.3 Å². The molecular weight excluding hydrogens is 311 g/mol. The zero-order chi connectivity index (χ0) is 17.7. The highest BCUT2D eigenvalue weighted by atomic mass is 16.5. The van der Waals surface area contributed by atoms with Crippen LogP contribution in [0.3, 0.4) is 0 Å². The minimum Gasteiger partial charge on any atom is -0.495 e. The van der Waals surface area contributed by atoms with E-state index in [4.69, 9.17) is 20.0 Å². The first-order valence-corrected chi connectivity index (χ1v) is 6.85. The van der Waals surface area contributed by atoms with E-state index in [0.29, 0.717) is 17.7 Å². The van der Waals surface area contributed by atoms with Crippen LogP contribution in [-0.4, -0.2) is 36.5 Å². The van der Waals surface area contributed by atoms with E-state index in [9.17, 15) is 9.59 Å². The molecule has 3 N–H and O–H groups in total. The normalized spacial score (nSPS) is 9.75. The first-order valence-electron chi connectivity index (χ1n) is 6.85. The number of nitrogens with one attached hydrogen (secondary N) is 1. The second-order valence-electron chi connectivity index (χ2n) is 4.82. The molecule has 0 bridgehead atoms. The van der Waals surface area contributed by atoms with Gasteiger partial charge >= 0.3 is 7.12 Å². The van der Waals surface area contributed by atoms with Gasteiger partial charge in [-0.1, -0.05) is 6.07 Å². The van der Waals surface area contributed by atoms with E-state index in [0.717, 1.165) is 0 Å². The molecule has 1 amide bonds. The number of aldehydes is 1. The lowest BCUT2D eigenvalue weighted by Gasteiger charge is -2.09. The van der Waals surface area contributed by atoms with Crippen LogP contribution < -0.4 is 15.5 Å². The van der Waals surface area contributed by atoms with Gasteiger partial charge in [-0.25, -0.2) is 0 Å². The van der Waals surface area contributed by atoms with Crippen LogP contribution in [0, 0.1) is 11.3 Å². The fraction of sp³-hybridized carbons (Fsp3) is 0.0625. The average Bonchev–Trinajstić information content (AvgIpc) is 2.60. The minimum atomic E-state index is -1.80. The fourth-order valence-electron chi connectivity index (χ4n) is 2.13. The van der Waals surface area contributed by atoms with E-state index < -0.39 is 13.0 Å². The van der Waals surface area contributed by atoms with Gasteiger partial charge in [0, 0.05) is 16.8 Å². The molecule has 0 saturated carbocycles. The van der Waals surface area contributed by atoms with Crippen LogP contribution in [0.4, 0.5) is 5.69 Å². The van der Waals surface area contributed by atoms with Crippen LogP contribution in [0.25, 0.3) is 0 Å². The standard InChI is InChI=1S/C16H13BN2O5/c1-24-15-5-3-13(7-11(15)8-18)19-16(21)10-2-4-14(17(22)23)12(6-10)9-20/h2-7,9,22-23H,1H3,(H,19,21). The summed E-state index contributed by atoms with van der Waals surface area (Å²) in [5.74, 6) is -0.119. The van der Waals surface area contributed by atoms with Gasteiger partial charge in [0.1, 0.15) is 18.1 Å². The molecule has 0 aromatic heterocycles. The van der Waals surface area contributed by atoms with Crippen molar-refractivity contribution in [3.05, 3.63) is 53.1 Å². The van der Waals surface area contributed by atoms with Crippen LogP contribution in [0.15, 0.2) is 36.4 Å². The van der Waals surface area contributed by atoms with Gasteiger partial charge in [-0.3, -0.25) is 9.59 Å². The van der Waals surface area contributed by atoms with Gasteiger partial charge in [-0.2, -0.15) is 5.26 Å². The number of benzene rings is 2. The smallest absolute Gasteiger partial charge is 0.489 e. The predicted molar refractivity (Wildman–Crippen MR) is 87.3 cm³/mol. The summed E-state index contributed by atoms with van der Waals surface area (Å²) in [5, 5.41) is 30.0. The fourth-order valence-corrected chi connectivity index (χ4v) is 2.13. The minimum absolute atomic E-state index is 0.00472. The van der Waals surface area contributed by atoms with Crippen LogP contribution in [0.5, 0.6) is 5.75 Å². The third-order valence-corrected chi connectivity index (χ3v) is 3.33. The molecule has 24 heavy (non-hydrogen) atoms. The lowest BCUT2D eigenvalue weighted by molar-refractivity contribution is 0.102. The summed E-state index contributed by atoms with van der Waals surface area (Å²) >= 11 is 0. The largest absolute Gasteiger partial charge is 0.495 e. The van der Waals surface area contributed by atoms with Crippen LogP contribution >= 0.6 is 0 Å². The van der Waals surface area contributed by atoms with Gasteiger partial charge in [0.05, 0.1) is 12.7 Å². The average molecular weight is 324 g/mol. The van der Waals surface area contributed by atoms with Gasteiger partial charge in [-0.05, 0) is 35.8 Å². The lowest BCUT2D eigenvalue weighted by atomic mass is 9.77. The SMILES string of the molecule is COc1ccc(NC(=O)c2ccc(B(O)O)c(C=O)c2)cc1C#N. The summed E-state index contributed by atoms with van der Waals surface area (Å²) in [6, 6.07) is 10.5. The first-order chi connectivity index (χ1) is 11.5. The molecular formula is C16H13BN2O5. The summed E-state index contributed by atoms with van der Waals surface area (Å²) in [6.07, 6.45) is 0.437. The number of carbonyl (C=O) groups is 2. The second kappa shape index (κ2) is 7.41. The van der Waals surface area contributed by atoms with Crippen molar-refractivity contribution in [1.29, 1.82) is 5.26 Å². The van der Waals surface area contributed by atoms with Crippen LogP contribution in [-0.2, 0) is 0 Å². The number of nitrogens with zero attached hydrogens (tertiary/aromatic N) is 1. The second-order valence-corrected chi connectivity index (χ2v) is 4.82. The number of ether oxygens (including phenoxy) is 1. The first kappa shape index (κ1) is 17.2. The number of hydrogen-bond donors (Lipinski definition) is 3. The van der Waals surface area contributed by atoms with E-state index >= 15 is 0 Å². The van der Waals surface area contributed by atoms with Crippen molar-refractivity contribution >= 4 is 30.5 Å². The number of amides is 1. The van der Waals surface area contributed by atoms with Gasteiger partial charge in [0.25, 0.3) is 5.91 Å². The highest BCUT2D eigenvalue weighted by Gasteiger charge is 2.18. The number of hydrogen-bond acceptors (Lipinski definition) is 6. The molecule has 0 heterocycles. The zero-order valence-corrected chi connectivity index (χ0v) is 12.7. The Morgan fingerprint density at radius 2 is 2.04 bits per heavy atom. The van der Waals surface area contributed by atoms with Crippen molar-refractivity contribution in [1.82, 2.24) is 0 Å². The van der Waals surface area contributed by atoms with Crippen molar-refractivity contribution in [2.24, 2.45) is 0 Å². The molecule has 2 aromatic carbocycles. The maximum absolute atomic E-state index is 12.3. The number of methoxy groups -OCH3 is 1. The van der Waals surface area contributed by atoms with E-state index in [1.54, 1.807) is 12.1 Å². The Morgan fingerprint density at radius 3 is 2.62 bits per heavy atom. The molecule has 0 saturated heterocycles. The Kier molecular flexibility index (Phi) is 5.32. The van der Waals surface area contributed by atoms with E-state index in [1.165, 1.54) is 31.4 Å². The maximum atomic E-state index is 12.3. The lowest BCUT2D eigenvalue weighted by Crippen LogP contribution is -2.33. The molecule has 2 rings (SSSR count). The zero-order valence-electron chi connectivity index (χ0n) is 12.7. The molecule has 120 valence electrons. The molecule has 0 radical (unpaired) electrons. The van der Waals surface area contributed by atoms with Gasteiger partial charge in [0.2, 0.25) is 0 Å². The third-order valence-electron chi connectivity index (χ3n) is 3.33. The summed E-state index contributed by atoms with van der Waals surface area (Å²) in [6.45, 7) is 0. The monoisotopic (exact) mass is 324 g/mol. The molecule has 2 aromatic rings. The molecule has 0 fully saturated rings. The summed E-state index contributed by atoms with van der Waals surface area (Å²) in [4.78, 5) is 23.3. The van der Waals surface area contributed by atoms with E-state index in [1.807, 2.05) is 6.07 Å². The molecule has 7 nitrogen and oxygen atoms in total. The number of carbonyl (C=O) groups excluding carboxylic acids is 2. The highest BCUT2D eigenvalue weighted by Crippen LogP contribution is 2.22. The topological polar surface area (TPSA) is 120 Å². The Morgan fingerprint density at radius 1 is 1.29 bits per heavy atom. The third kappa shape index (κ3) is 3.60. The molecule has 0 unspecified atom stereocenters. The van der Waals surface area contributed by atoms with Crippen molar-refractivity contribution < 1.29 is 24.4 Å². The van der Waals surface area contributed by atoms with Crippen molar-refractivity contribution in [2.45, 2.75) is 0 Å². The number of rotatable bonds is 5. The Labute approximate surface area is 138 Å². The van der Waals surface area contributed by atoms with Gasteiger partial charge < -0.3 is 20.1 Å². The summed E-state index contributed by atoms with van der Waals surface area (Å²) in [7, 11) is -0.367. The molecule has 0 aliphatic carbocycles. The number of nitriles is 1. The van der Waals surface area contributed by atoms with E-state index in [2.05, 4.69) is 5.32 Å². The Hall–Kier alpha value is -3.15.